The highest BCUT2D eigenvalue weighted by Crippen LogP contribution is 2.11. The van der Waals surface area contributed by atoms with Gasteiger partial charge in [0.1, 0.15) is 18.4 Å². The highest BCUT2D eigenvalue weighted by molar-refractivity contribution is 5.80. The van der Waals surface area contributed by atoms with Crippen molar-refractivity contribution in [3.63, 3.8) is 0 Å². The Hall–Kier alpha value is -3.23. The van der Waals surface area contributed by atoms with Crippen LogP contribution in [-0.4, -0.2) is 139 Å². The minimum absolute atomic E-state index is 0.00995. The molecule has 4 N–H and O–H groups in total. The van der Waals surface area contributed by atoms with Gasteiger partial charge in [-0.2, -0.15) is 0 Å². The number of carbonyl (C=O) groups excluding carboxylic acids is 5. The molecule has 42 heavy (non-hydrogen) atoms. The fraction of sp³-hybridized carbons (Fsp3) is 0.750. The normalized spacial score (nSPS) is 11.8. The quantitative estimate of drug-likeness (QED) is 0.0675. The average molecular weight is 600 g/mol. The van der Waals surface area contributed by atoms with Crippen molar-refractivity contribution in [3.8, 4) is 0 Å². The Labute approximate surface area is 248 Å². The van der Waals surface area contributed by atoms with E-state index in [2.05, 4.69) is 10.6 Å². The molecule has 0 aliphatic heterocycles. The molecule has 0 aromatic heterocycles. The van der Waals surface area contributed by atoms with Crippen LogP contribution in [0.3, 0.4) is 0 Å². The van der Waals surface area contributed by atoms with Crippen molar-refractivity contribution in [2.45, 2.75) is 58.8 Å². The first-order chi connectivity index (χ1) is 20.0. The molecule has 0 aromatic rings. The van der Waals surface area contributed by atoms with Crippen molar-refractivity contribution in [1.82, 2.24) is 25.3 Å². The van der Waals surface area contributed by atoms with Crippen LogP contribution in [0.2, 0.25) is 0 Å². The van der Waals surface area contributed by atoms with Crippen LogP contribution in [0.5, 0.6) is 0 Å². The van der Waals surface area contributed by atoms with Crippen LogP contribution in [0.1, 0.15) is 58.8 Å². The third-order valence-electron chi connectivity index (χ3n) is 6.65. The molecule has 2 amide bonds. The zero-order valence-corrected chi connectivity index (χ0v) is 25.1. The minimum atomic E-state index is -1.10. The van der Waals surface area contributed by atoms with Crippen molar-refractivity contribution < 1.29 is 43.8 Å². The van der Waals surface area contributed by atoms with E-state index in [0.717, 1.165) is 25.7 Å². The predicted molar refractivity (Wildman–Crippen MR) is 155 cm³/mol. The molecule has 1 unspecified atom stereocenters. The van der Waals surface area contributed by atoms with Crippen LogP contribution in [0.15, 0.2) is 0 Å². The first kappa shape index (κ1) is 38.8. The maximum Gasteiger partial charge on any atom is 0.317 e. The van der Waals surface area contributed by atoms with Crippen LogP contribution in [0.4, 0.5) is 0 Å². The number of ketones is 1. The van der Waals surface area contributed by atoms with E-state index >= 15 is 0 Å². The lowest BCUT2D eigenvalue weighted by molar-refractivity contribution is -0.140. The largest absolute Gasteiger partial charge is 0.480 e. The number of carbonyl (C=O) groups is 7. The number of unbranched alkanes of at least 4 members (excludes halogenated alkanes) is 3. The Balaban J connectivity index is 4.39. The van der Waals surface area contributed by atoms with Crippen LogP contribution in [0, 0.1) is 5.92 Å². The molecule has 0 saturated carbocycles. The Kier molecular flexibility index (Phi) is 22.5. The maximum absolute atomic E-state index is 12.4. The van der Waals surface area contributed by atoms with Gasteiger partial charge in [-0.05, 0) is 32.6 Å². The first-order valence-electron chi connectivity index (χ1n) is 14.5. The van der Waals surface area contributed by atoms with Crippen LogP contribution >= 0.6 is 0 Å². The average Bonchev–Trinajstić information content (AvgIpc) is 2.91. The molecule has 0 aliphatic carbocycles. The van der Waals surface area contributed by atoms with Gasteiger partial charge in [0.25, 0.3) is 0 Å². The van der Waals surface area contributed by atoms with Gasteiger partial charge in [0.2, 0.25) is 11.8 Å². The van der Waals surface area contributed by atoms with Crippen molar-refractivity contribution in [2.75, 3.05) is 72.0 Å². The summed E-state index contributed by atoms with van der Waals surface area (Å²) in [6.07, 6.45) is 6.23. The van der Waals surface area contributed by atoms with E-state index in [-0.39, 0.29) is 82.4 Å². The van der Waals surface area contributed by atoms with Gasteiger partial charge in [0.15, 0.2) is 0 Å². The smallest absolute Gasteiger partial charge is 0.317 e. The summed E-state index contributed by atoms with van der Waals surface area (Å²) in [5, 5.41) is 23.9. The van der Waals surface area contributed by atoms with Crippen molar-refractivity contribution in [3.05, 3.63) is 0 Å². The minimum Gasteiger partial charge on any atom is -0.480 e. The molecule has 1 atom stereocenters. The zero-order valence-electron chi connectivity index (χ0n) is 25.1. The summed E-state index contributed by atoms with van der Waals surface area (Å²) in [6, 6.07) is 0. The first-order valence-corrected chi connectivity index (χ1v) is 14.5. The third-order valence-corrected chi connectivity index (χ3v) is 6.65. The van der Waals surface area contributed by atoms with Gasteiger partial charge in [-0.25, -0.2) is 0 Å². The number of Topliss-reactive ketones (excluding diaryl/α,β-unsaturated/α-hetero) is 1. The molecule has 0 rings (SSSR count). The topological polar surface area (TPSA) is 194 Å². The third kappa shape index (κ3) is 21.5. The van der Waals surface area contributed by atoms with Crippen LogP contribution in [-0.2, 0) is 33.6 Å². The van der Waals surface area contributed by atoms with E-state index in [1.165, 1.54) is 11.8 Å². The van der Waals surface area contributed by atoms with Crippen molar-refractivity contribution in [1.29, 1.82) is 0 Å². The molecular formula is C28H49N5O9. The lowest BCUT2D eigenvalue weighted by Gasteiger charge is -2.27. The number of hydrogen-bond donors (Lipinski definition) is 4. The van der Waals surface area contributed by atoms with Gasteiger partial charge in [-0.15, -0.1) is 0 Å². The van der Waals surface area contributed by atoms with E-state index in [9.17, 15) is 38.7 Å². The second kappa shape index (κ2) is 24.4. The number of carboxylic acids is 2. The van der Waals surface area contributed by atoms with Gasteiger partial charge >= 0.3 is 11.9 Å². The Morgan fingerprint density at radius 2 is 1.19 bits per heavy atom. The van der Waals surface area contributed by atoms with E-state index in [1.807, 2.05) is 6.92 Å². The van der Waals surface area contributed by atoms with Gasteiger partial charge in [0, 0.05) is 51.6 Å². The number of rotatable bonds is 28. The van der Waals surface area contributed by atoms with E-state index < -0.39 is 11.9 Å². The predicted octanol–water partition coefficient (Wildman–Crippen LogP) is -0.352. The number of carboxylic acid groups (broad SMARTS) is 2. The Bertz CT molecular complexity index is 856. The summed E-state index contributed by atoms with van der Waals surface area (Å²) in [5.41, 5.74) is 0. The summed E-state index contributed by atoms with van der Waals surface area (Å²) in [6.45, 7) is 4.50. The van der Waals surface area contributed by atoms with E-state index in [0.29, 0.717) is 44.9 Å². The molecule has 0 aromatic carbocycles. The van der Waals surface area contributed by atoms with Gasteiger partial charge in [0.05, 0.1) is 32.7 Å². The molecule has 0 spiro atoms. The molecule has 0 fully saturated rings. The second-order valence-corrected chi connectivity index (χ2v) is 10.3. The van der Waals surface area contributed by atoms with E-state index in [1.54, 1.807) is 9.80 Å². The molecule has 0 heterocycles. The number of hydrogen-bond acceptors (Lipinski definition) is 10. The monoisotopic (exact) mass is 599 g/mol. The Morgan fingerprint density at radius 1 is 0.714 bits per heavy atom. The van der Waals surface area contributed by atoms with Crippen LogP contribution in [0.25, 0.3) is 0 Å². The number of aldehydes is 2. The number of nitrogens with zero attached hydrogens (tertiary/aromatic N) is 3. The van der Waals surface area contributed by atoms with Crippen LogP contribution < -0.4 is 10.6 Å². The van der Waals surface area contributed by atoms with Gasteiger partial charge < -0.3 is 35.2 Å². The molecule has 0 saturated heterocycles. The molecule has 0 aliphatic rings. The maximum atomic E-state index is 12.4. The molecular weight excluding hydrogens is 550 g/mol. The fourth-order valence-corrected chi connectivity index (χ4v) is 4.24. The van der Waals surface area contributed by atoms with Crippen molar-refractivity contribution in [2.24, 2.45) is 5.92 Å². The lowest BCUT2D eigenvalue weighted by Crippen LogP contribution is -2.45. The second-order valence-electron chi connectivity index (χ2n) is 10.3. The van der Waals surface area contributed by atoms with E-state index in [4.69, 9.17) is 5.11 Å². The highest BCUT2D eigenvalue weighted by atomic mass is 16.4. The molecule has 14 heteroatoms. The Morgan fingerprint density at radius 3 is 1.67 bits per heavy atom. The summed E-state index contributed by atoms with van der Waals surface area (Å²) in [5.74, 6) is -2.52. The zero-order chi connectivity index (χ0) is 31.8. The molecule has 240 valence electrons. The SMILES string of the molecule is CCC(CCC(C)=O)C(=O)NCCCCCCNC(=O)CN(CC=O)CCN(CCN(CC=O)CC(=O)O)CC(=O)O. The molecule has 0 bridgehead atoms. The molecule has 0 radical (unpaired) electrons. The van der Waals surface area contributed by atoms with Gasteiger partial charge in [-0.1, -0.05) is 19.8 Å². The lowest BCUT2D eigenvalue weighted by atomic mass is 9.98. The molecule has 14 nitrogen and oxygen atoms in total. The summed E-state index contributed by atoms with van der Waals surface area (Å²) in [4.78, 5) is 84.5. The summed E-state index contributed by atoms with van der Waals surface area (Å²) >= 11 is 0. The number of aliphatic carboxylic acids is 2. The standard InChI is InChI=1S/C28H49N5O9/c1-3-24(9-8-23(2)36)28(42)30-11-7-5-4-6-10-29-25(37)20-32(16-18-34)14-12-31(21-26(38)39)13-15-33(17-19-35)22-27(40)41/h18-19,24H,3-17,20-22H2,1-2H3,(H,29,37)(H,30,42)(H,38,39)(H,40,41). The summed E-state index contributed by atoms with van der Waals surface area (Å²) < 4.78 is 0. The number of nitrogens with one attached hydrogen (secondary N) is 2. The highest BCUT2D eigenvalue weighted by Gasteiger charge is 2.18. The van der Waals surface area contributed by atoms with Crippen molar-refractivity contribution >= 4 is 42.1 Å². The summed E-state index contributed by atoms with van der Waals surface area (Å²) in [7, 11) is 0. The fourth-order valence-electron chi connectivity index (χ4n) is 4.24. The number of amides is 2. The van der Waals surface area contributed by atoms with Gasteiger partial charge in [-0.3, -0.25) is 33.9 Å².